The normalized spacial score (nSPS) is 19.3. The molecule has 1 fully saturated rings. The topological polar surface area (TPSA) is 0 Å². The second-order valence-corrected chi connectivity index (χ2v) is 19.5. The summed E-state index contributed by atoms with van der Waals surface area (Å²) in [5, 5.41) is 0. The number of unbranched alkanes of at least 4 members (excludes halogenated alkanes) is 4. The summed E-state index contributed by atoms with van der Waals surface area (Å²) in [5.41, 5.74) is 0. The first-order chi connectivity index (χ1) is 6.83. The van der Waals surface area contributed by atoms with E-state index in [9.17, 15) is 0 Å². The van der Waals surface area contributed by atoms with Crippen molar-refractivity contribution in [1.29, 1.82) is 0 Å². The Hall–Kier alpha value is 0.799. The molecule has 0 saturated carbocycles. The van der Waals surface area contributed by atoms with Gasteiger partial charge in [-0.05, 0) is 0 Å². The van der Waals surface area contributed by atoms with Crippen molar-refractivity contribution in [2.75, 3.05) is 0 Å². The molecule has 0 spiro atoms. The van der Waals surface area contributed by atoms with Crippen molar-refractivity contribution in [1.82, 2.24) is 0 Å². The van der Waals surface area contributed by atoms with Crippen LogP contribution in [0.1, 0.15) is 58.8 Å². The van der Waals surface area contributed by atoms with Crippen LogP contribution in [0.2, 0.25) is 17.7 Å². The molecular weight excluding hydrogens is 275 g/mol. The molecule has 0 aromatic heterocycles. The predicted octanol–water partition coefficient (Wildman–Crippen LogP) is 5.22. The van der Waals surface area contributed by atoms with E-state index in [0.717, 1.165) is 0 Å². The van der Waals surface area contributed by atoms with Gasteiger partial charge in [-0.2, -0.15) is 0 Å². The zero-order valence-corrected chi connectivity index (χ0v) is 13.1. The Labute approximate surface area is 94.7 Å². The van der Waals surface area contributed by atoms with E-state index < -0.39 is 18.4 Å². The van der Waals surface area contributed by atoms with Crippen LogP contribution in [0, 0.1) is 0 Å². The molecule has 0 bridgehead atoms. The fourth-order valence-electron chi connectivity index (χ4n) is 2.80. The Morgan fingerprint density at radius 1 is 0.786 bits per heavy atom. The van der Waals surface area contributed by atoms with Crippen molar-refractivity contribution in [2.45, 2.75) is 76.5 Å². The number of hydrogen-bond donors (Lipinski definition) is 0. The third kappa shape index (κ3) is 4.12. The number of hydrogen-bond acceptors (Lipinski definition) is 0. The fourth-order valence-corrected chi connectivity index (χ4v) is 15.9. The summed E-state index contributed by atoms with van der Waals surface area (Å²) in [6.45, 7) is 4.67. The van der Waals surface area contributed by atoms with Crippen LogP contribution >= 0.6 is 0 Å². The van der Waals surface area contributed by atoms with Crippen LogP contribution in [0.5, 0.6) is 0 Å². The van der Waals surface area contributed by atoms with Gasteiger partial charge in [0, 0.05) is 0 Å². The summed E-state index contributed by atoms with van der Waals surface area (Å²) in [6, 6.07) is 0. The Morgan fingerprint density at radius 2 is 1.29 bits per heavy atom. The van der Waals surface area contributed by atoms with Crippen LogP contribution in [0.25, 0.3) is 0 Å². The van der Waals surface area contributed by atoms with Crippen molar-refractivity contribution < 1.29 is 0 Å². The third-order valence-corrected chi connectivity index (χ3v) is 20.2. The molecule has 84 valence electrons. The van der Waals surface area contributed by atoms with E-state index in [1.807, 2.05) is 0 Å². The molecule has 1 saturated heterocycles. The van der Waals surface area contributed by atoms with Crippen molar-refractivity contribution >= 4 is 18.4 Å². The van der Waals surface area contributed by atoms with Crippen LogP contribution in [0.3, 0.4) is 0 Å². The minimum absolute atomic E-state index is 1.36. The average molecular weight is 303 g/mol. The van der Waals surface area contributed by atoms with E-state index in [0.29, 0.717) is 0 Å². The van der Waals surface area contributed by atoms with Crippen LogP contribution in [0.4, 0.5) is 0 Å². The summed E-state index contributed by atoms with van der Waals surface area (Å²) < 4.78 is 6.99. The molecule has 1 heteroatoms. The monoisotopic (exact) mass is 304 g/mol. The molecule has 0 radical (unpaired) electrons. The Morgan fingerprint density at radius 3 is 1.57 bits per heavy atom. The van der Waals surface area contributed by atoms with Crippen LogP contribution in [0.15, 0.2) is 0 Å². The first-order valence-corrected chi connectivity index (χ1v) is 14.9. The second-order valence-electron chi connectivity index (χ2n) is 5.27. The van der Waals surface area contributed by atoms with E-state index in [2.05, 4.69) is 13.8 Å². The molecule has 0 amide bonds. The van der Waals surface area contributed by atoms with Crippen molar-refractivity contribution in [3.63, 3.8) is 0 Å². The van der Waals surface area contributed by atoms with Crippen molar-refractivity contribution in [3.05, 3.63) is 0 Å². The maximum absolute atomic E-state index is 2.33. The first kappa shape index (κ1) is 12.9. The predicted molar refractivity (Wildman–Crippen MR) is 68.6 cm³/mol. The Kier molecular flexibility index (Phi) is 6.56. The molecule has 0 aromatic carbocycles. The average Bonchev–Trinajstić information content (AvgIpc) is 2.13. The molecule has 1 heterocycles. The molecule has 0 aliphatic carbocycles. The standard InChI is InChI=1S/2C5H11.C3H6.Sn/c2*1-3-5-4-2;1-3-2;/h2*1,3-5H2,2H3;1-3H2;. The molecule has 0 N–H and O–H groups in total. The SMILES string of the molecule is CCCC[CH2][Sn]1([CH2]CCCC)[CH2]C[CH2]1. The van der Waals surface area contributed by atoms with E-state index in [4.69, 9.17) is 0 Å². The van der Waals surface area contributed by atoms with Gasteiger partial charge in [0.2, 0.25) is 0 Å². The molecule has 0 unspecified atom stereocenters. The number of rotatable bonds is 8. The summed E-state index contributed by atoms with van der Waals surface area (Å²) in [7, 11) is 0. The maximum atomic E-state index is 2.33. The summed E-state index contributed by atoms with van der Waals surface area (Å²) in [6.07, 6.45) is 10.6. The minimum atomic E-state index is -1.36. The van der Waals surface area contributed by atoms with E-state index in [1.54, 1.807) is 37.0 Å². The summed E-state index contributed by atoms with van der Waals surface area (Å²) in [4.78, 5) is 0. The molecule has 1 rings (SSSR count). The zero-order chi connectivity index (χ0) is 10.3. The van der Waals surface area contributed by atoms with Crippen LogP contribution in [-0.4, -0.2) is 18.4 Å². The Bertz CT molecular complexity index is 126. The van der Waals surface area contributed by atoms with Crippen molar-refractivity contribution in [2.24, 2.45) is 0 Å². The molecule has 0 aromatic rings. The van der Waals surface area contributed by atoms with Gasteiger partial charge in [0.25, 0.3) is 0 Å². The summed E-state index contributed by atoms with van der Waals surface area (Å²) >= 11 is -1.36. The molecule has 14 heavy (non-hydrogen) atoms. The first-order valence-electron chi connectivity index (χ1n) is 6.83. The van der Waals surface area contributed by atoms with Crippen LogP contribution < -0.4 is 0 Å². The third-order valence-electron chi connectivity index (χ3n) is 4.04. The quantitative estimate of drug-likeness (QED) is 0.426. The van der Waals surface area contributed by atoms with Gasteiger partial charge in [0.1, 0.15) is 0 Å². The second kappa shape index (κ2) is 7.13. The van der Waals surface area contributed by atoms with Gasteiger partial charge in [0.15, 0.2) is 0 Å². The van der Waals surface area contributed by atoms with Gasteiger partial charge in [-0.25, -0.2) is 0 Å². The van der Waals surface area contributed by atoms with Gasteiger partial charge in [-0.15, -0.1) is 0 Å². The molecule has 1 aliphatic rings. The fraction of sp³-hybridized carbons (Fsp3) is 1.00. The molecule has 0 atom stereocenters. The van der Waals surface area contributed by atoms with Crippen LogP contribution in [-0.2, 0) is 0 Å². The molecular formula is C13H28Sn. The van der Waals surface area contributed by atoms with Gasteiger partial charge in [0.05, 0.1) is 0 Å². The molecule has 1 aliphatic heterocycles. The van der Waals surface area contributed by atoms with Gasteiger partial charge in [-0.3, -0.25) is 0 Å². The van der Waals surface area contributed by atoms with E-state index in [-0.39, 0.29) is 0 Å². The molecule has 0 nitrogen and oxygen atoms in total. The zero-order valence-electron chi connectivity index (χ0n) is 10.3. The van der Waals surface area contributed by atoms with Gasteiger partial charge >= 0.3 is 94.9 Å². The van der Waals surface area contributed by atoms with Gasteiger partial charge < -0.3 is 0 Å². The Balaban J connectivity index is 2.13. The van der Waals surface area contributed by atoms with E-state index in [1.165, 1.54) is 25.7 Å². The van der Waals surface area contributed by atoms with Gasteiger partial charge in [-0.1, -0.05) is 0 Å². The summed E-state index contributed by atoms with van der Waals surface area (Å²) in [5.74, 6) is 0. The van der Waals surface area contributed by atoms with Crippen molar-refractivity contribution in [3.8, 4) is 0 Å². The van der Waals surface area contributed by atoms with E-state index >= 15 is 0 Å².